The maximum absolute atomic E-state index is 12.0. The van der Waals surface area contributed by atoms with E-state index in [0.717, 1.165) is 13.0 Å². The minimum absolute atomic E-state index is 0.00447. The zero-order valence-electron chi connectivity index (χ0n) is 11.7. The van der Waals surface area contributed by atoms with Crippen LogP contribution in [0.15, 0.2) is 0 Å². The van der Waals surface area contributed by atoms with Gasteiger partial charge in [0.05, 0.1) is 11.6 Å². The second-order valence-corrected chi connectivity index (χ2v) is 5.80. The summed E-state index contributed by atoms with van der Waals surface area (Å²) in [5.74, 6) is -0.0620. The van der Waals surface area contributed by atoms with Gasteiger partial charge in [0.1, 0.15) is 0 Å². The number of ether oxygens (including phenoxy) is 1. The molecule has 4 heteroatoms. The molecule has 1 rings (SSSR count). The second-order valence-electron chi connectivity index (χ2n) is 5.80. The van der Waals surface area contributed by atoms with Gasteiger partial charge < -0.3 is 15.8 Å². The van der Waals surface area contributed by atoms with Crippen LogP contribution in [0, 0.1) is 5.41 Å². The van der Waals surface area contributed by atoms with Crippen molar-refractivity contribution in [3.05, 3.63) is 0 Å². The van der Waals surface area contributed by atoms with Gasteiger partial charge in [-0.25, -0.2) is 0 Å². The van der Waals surface area contributed by atoms with E-state index in [4.69, 9.17) is 10.5 Å². The Bertz CT molecular complexity index is 287. The predicted octanol–water partition coefficient (Wildman–Crippen LogP) is 1.43. The predicted molar refractivity (Wildman–Crippen MR) is 68.6 cm³/mol. The van der Waals surface area contributed by atoms with Crippen molar-refractivity contribution in [1.82, 2.24) is 5.32 Å². The lowest BCUT2D eigenvalue weighted by Crippen LogP contribution is -2.65. The van der Waals surface area contributed by atoms with E-state index < -0.39 is 5.54 Å². The zero-order valence-corrected chi connectivity index (χ0v) is 11.7. The van der Waals surface area contributed by atoms with E-state index in [1.54, 1.807) is 6.92 Å². The number of hydrogen-bond acceptors (Lipinski definition) is 3. The summed E-state index contributed by atoms with van der Waals surface area (Å²) in [5.41, 5.74) is 5.15. The number of nitrogens with two attached hydrogens (primary N) is 1. The summed E-state index contributed by atoms with van der Waals surface area (Å²) in [6.07, 6.45) is 1.76. The fourth-order valence-corrected chi connectivity index (χ4v) is 2.10. The van der Waals surface area contributed by atoms with Crippen LogP contribution in [0.1, 0.15) is 47.5 Å². The summed E-state index contributed by atoms with van der Waals surface area (Å²) >= 11 is 0. The topological polar surface area (TPSA) is 64.3 Å². The molecule has 17 heavy (non-hydrogen) atoms. The third kappa shape index (κ3) is 2.80. The molecule has 0 aromatic carbocycles. The maximum Gasteiger partial charge on any atom is 0.240 e. The molecule has 3 atom stereocenters. The highest BCUT2D eigenvalue weighted by atomic mass is 16.5. The molecule has 1 aliphatic rings. The van der Waals surface area contributed by atoms with Crippen LogP contribution in [0.2, 0.25) is 0 Å². The van der Waals surface area contributed by atoms with Gasteiger partial charge in [0.15, 0.2) is 0 Å². The van der Waals surface area contributed by atoms with Gasteiger partial charge in [-0.3, -0.25) is 4.79 Å². The normalized spacial score (nSPS) is 30.2. The van der Waals surface area contributed by atoms with E-state index in [1.807, 2.05) is 13.8 Å². The summed E-state index contributed by atoms with van der Waals surface area (Å²) < 4.78 is 5.63. The molecule has 1 saturated carbocycles. The SMILES string of the molecule is CCOC1CC(NC(=O)C(C)(N)CC)C1(C)C. The first-order valence-electron chi connectivity index (χ1n) is 6.47. The van der Waals surface area contributed by atoms with E-state index in [-0.39, 0.29) is 23.5 Å². The summed E-state index contributed by atoms with van der Waals surface area (Å²) in [6.45, 7) is 10.7. The molecule has 3 unspecified atom stereocenters. The molecule has 1 aliphatic carbocycles. The molecule has 0 spiro atoms. The molecule has 4 nitrogen and oxygen atoms in total. The summed E-state index contributed by atoms with van der Waals surface area (Å²) in [5, 5.41) is 3.04. The van der Waals surface area contributed by atoms with Crippen molar-refractivity contribution in [2.45, 2.75) is 65.1 Å². The van der Waals surface area contributed by atoms with Gasteiger partial charge in [0, 0.05) is 18.1 Å². The first-order chi connectivity index (χ1) is 7.75. The average molecular weight is 242 g/mol. The van der Waals surface area contributed by atoms with Crippen molar-refractivity contribution in [3.8, 4) is 0 Å². The minimum atomic E-state index is -0.771. The van der Waals surface area contributed by atoms with Gasteiger partial charge in [-0.05, 0) is 26.7 Å². The summed E-state index contributed by atoms with van der Waals surface area (Å²) in [7, 11) is 0. The van der Waals surface area contributed by atoms with E-state index in [0.29, 0.717) is 6.42 Å². The van der Waals surface area contributed by atoms with E-state index in [2.05, 4.69) is 19.2 Å². The monoisotopic (exact) mass is 242 g/mol. The van der Waals surface area contributed by atoms with E-state index in [9.17, 15) is 4.79 Å². The van der Waals surface area contributed by atoms with Crippen molar-refractivity contribution >= 4 is 5.91 Å². The van der Waals surface area contributed by atoms with Crippen LogP contribution in [0.4, 0.5) is 0 Å². The van der Waals surface area contributed by atoms with Gasteiger partial charge in [0.2, 0.25) is 5.91 Å². The molecular formula is C13H26N2O2. The average Bonchev–Trinajstić information content (AvgIpc) is 2.27. The summed E-state index contributed by atoms with van der Waals surface area (Å²) in [6, 6.07) is 0.168. The van der Waals surface area contributed by atoms with Crippen LogP contribution in [0.5, 0.6) is 0 Å². The largest absolute Gasteiger partial charge is 0.378 e. The van der Waals surface area contributed by atoms with Crippen molar-refractivity contribution in [2.24, 2.45) is 11.1 Å². The Hall–Kier alpha value is -0.610. The van der Waals surface area contributed by atoms with Crippen LogP contribution in [0.25, 0.3) is 0 Å². The number of nitrogens with one attached hydrogen (secondary N) is 1. The Kier molecular flexibility index (Phi) is 4.20. The van der Waals surface area contributed by atoms with Crippen LogP contribution >= 0.6 is 0 Å². The van der Waals surface area contributed by atoms with Crippen LogP contribution in [-0.4, -0.2) is 30.2 Å². The molecule has 3 N–H and O–H groups in total. The fourth-order valence-electron chi connectivity index (χ4n) is 2.10. The molecule has 1 amide bonds. The van der Waals surface area contributed by atoms with Crippen molar-refractivity contribution in [1.29, 1.82) is 0 Å². The van der Waals surface area contributed by atoms with Crippen LogP contribution in [0.3, 0.4) is 0 Å². The van der Waals surface area contributed by atoms with E-state index in [1.165, 1.54) is 0 Å². The molecular weight excluding hydrogens is 216 g/mol. The Morgan fingerprint density at radius 2 is 2.12 bits per heavy atom. The third-order valence-corrected chi connectivity index (χ3v) is 4.10. The molecule has 0 radical (unpaired) electrons. The molecule has 0 saturated heterocycles. The van der Waals surface area contributed by atoms with Gasteiger partial charge in [-0.15, -0.1) is 0 Å². The summed E-state index contributed by atoms with van der Waals surface area (Å²) in [4.78, 5) is 12.0. The molecule has 1 fully saturated rings. The lowest BCUT2D eigenvalue weighted by molar-refractivity contribution is -0.140. The minimum Gasteiger partial charge on any atom is -0.378 e. The molecule has 0 aromatic rings. The van der Waals surface area contributed by atoms with Crippen molar-refractivity contribution in [3.63, 3.8) is 0 Å². The number of hydrogen-bond donors (Lipinski definition) is 2. The van der Waals surface area contributed by atoms with Gasteiger partial charge in [-0.2, -0.15) is 0 Å². The first-order valence-corrected chi connectivity index (χ1v) is 6.47. The Morgan fingerprint density at radius 3 is 2.53 bits per heavy atom. The van der Waals surface area contributed by atoms with Crippen LogP contribution in [-0.2, 0) is 9.53 Å². The molecule has 100 valence electrons. The molecule has 0 heterocycles. The van der Waals surface area contributed by atoms with Gasteiger partial charge in [-0.1, -0.05) is 20.8 Å². The second kappa shape index (κ2) is 4.94. The Labute approximate surface area is 104 Å². The highest BCUT2D eigenvalue weighted by Gasteiger charge is 2.50. The third-order valence-electron chi connectivity index (χ3n) is 4.10. The van der Waals surface area contributed by atoms with Crippen molar-refractivity contribution < 1.29 is 9.53 Å². The van der Waals surface area contributed by atoms with E-state index >= 15 is 0 Å². The highest BCUT2D eigenvalue weighted by Crippen LogP contribution is 2.42. The maximum atomic E-state index is 12.0. The fraction of sp³-hybridized carbons (Fsp3) is 0.923. The Balaban J connectivity index is 2.53. The van der Waals surface area contributed by atoms with Gasteiger partial charge >= 0.3 is 0 Å². The van der Waals surface area contributed by atoms with Crippen LogP contribution < -0.4 is 11.1 Å². The first kappa shape index (κ1) is 14.5. The smallest absolute Gasteiger partial charge is 0.240 e. The lowest BCUT2D eigenvalue weighted by Gasteiger charge is -2.52. The molecule has 0 aromatic heterocycles. The number of carbonyl (C=O) groups is 1. The molecule has 0 bridgehead atoms. The number of amides is 1. The molecule has 0 aliphatic heterocycles. The quantitative estimate of drug-likeness (QED) is 0.766. The number of rotatable bonds is 5. The Morgan fingerprint density at radius 1 is 1.53 bits per heavy atom. The van der Waals surface area contributed by atoms with Crippen molar-refractivity contribution in [2.75, 3.05) is 6.61 Å². The highest BCUT2D eigenvalue weighted by molar-refractivity contribution is 5.85. The van der Waals surface area contributed by atoms with Gasteiger partial charge in [0.25, 0.3) is 0 Å². The zero-order chi connectivity index (χ0) is 13.3. The lowest BCUT2D eigenvalue weighted by atomic mass is 9.64. The number of carbonyl (C=O) groups excluding carboxylic acids is 1. The standard InChI is InChI=1S/C13H26N2O2/c1-6-13(5,14)11(16)15-9-8-10(17-7-2)12(9,3)4/h9-10H,6-8,14H2,1-5H3,(H,15,16).